The maximum atomic E-state index is 6.18. The van der Waals surface area contributed by atoms with E-state index < -0.39 is 0 Å². The summed E-state index contributed by atoms with van der Waals surface area (Å²) in [6, 6.07) is 11.3. The quantitative estimate of drug-likeness (QED) is 0.826. The zero-order valence-corrected chi connectivity index (χ0v) is 12.3. The number of hydrogen-bond donors (Lipinski definition) is 2. The van der Waals surface area contributed by atoms with Crippen LogP contribution < -0.4 is 16.0 Å². The fourth-order valence-electron chi connectivity index (χ4n) is 1.82. The highest BCUT2D eigenvalue weighted by molar-refractivity contribution is 6.39. The van der Waals surface area contributed by atoms with E-state index in [9.17, 15) is 0 Å². The first-order chi connectivity index (χ1) is 8.99. The summed E-state index contributed by atoms with van der Waals surface area (Å²) in [6.45, 7) is 0. The summed E-state index contributed by atoms with van der Waals surface area (Å²) in [5.41, 5.74) is 8.88. The fraction of sp³-hybridized carbons (Fsp3) is 0.143. The molecule has 2 rings (SSSR count). The van der Waals surface area contributed by atoms with Gasteiger partial charge in [-0.2, -0.15) is 0 Å². The van der Waals surface area contributed by atoms with Crippen LogP contribution >= 0.6 is 23.2 Å². The van der Waals surface area contributed by atoms with Crippen LogP contribution in [0.15, 0.2) is 36.4 Å². The van der Waals surface area contributed by atoms with Gasteiger partial charge in [0, 0.05) is 19.8 Å². The van der Waals surface area contributed by atoms with Crippen molar-refractivity contribution >= 4 is 46.0 Å². The summed E-state index contributed by atoms with van der Waals surface area (Å²) in [6.07, 6.45) is 0. The minimum atomic E-state index is 0.499. The molecule has 0 unspecified atom stereocenters. The van der Waals surface area contributed by atoms with Crippen LogP contribution in [0.3, 0.4) is 0 Å². The highest BCUT2D eigenvalue weighted by atomic mass is 35.5. The molecular formula is C14H15Cl2N3. The summed E-state index contributed by atoms with van der Waals surface area (Å²) >= 11 is 12.4. The SMILES string of the molecule is CN(C)c1ccccc1Nc1c(Cl)cc(N)cc1Cl. The smallest absolute Gasteiger partial charge is 0.0765 e. The summed E-state index contributed by atoms with van der Waals surface area (Å²) in [7, 11) is 3.96. The van der Waals surface area contributed by atoms with Gasteiger partial charge in [-0.05, 0) is 24.3 Å². The molecule has 0 amide bonds. The predicted molar refractivity (Wildman–Crippen MR) is 84.9 cm³/mol. The lowest BCUT2D eigenvalue weighted by atomic mass is 10.2. The molecule has 0 spiro atoms. The number of hydrogen-bond acceptors (Lipinski definition) is 3. The van der Waals surface area contributed by atoms with Gasteiger partial charge in [0.25, 0.3) is 0 Å². The lowest BCUT2D eigenvalue weighted by Crippen LogP contribution is -2.10. The van der Waals surface area contributed by atoms with E-state index in [0.29, 0.717) is 21.4 Å². The Labute approximate surface area is 122 Å². The Morgan fingerprint density at radius 2 is 1.63 bits per heavy atom. The molecule has 3 nitrogen and oxygen atoms in total. The predicted octanol–water partition coefficient (Wildman–Crippen LogP) is 4.39. The Hall–Kier alpha value is -1.58. The van der Waals surface area contributed by atoms with E-state index in [1.54, 1.807) is 12.1 Å². The molecule has 0 aliphatic rings. The third-order valence-electron chi connectivity index (χ3n) is 2.71. The fourth-order valence-corrected chi connectivity index (χ4v) is 2.41. The Bertz CT molecular complexity index is 574. The normalized spacial score (nSPS) is 10.3. The number of benzene rings is 2. The molecule has 0 heterocycles. The first kappa shape index (κ1) is 13.8. The van der Waals surface area contributed by atoms with E-state index in [4.69, 9.17) is 28.9 Å². The van der Waals surface area contributed by atoms with Crippen LogP contribution in [-0.4, -0.2) is 14.1 Å². The van der Waals surface area contributed by atoms with E-state index in [2.05, 4.69) is 5.32 Å². The molecule has 100 valence electrons. The molecule has 0 aromatic heterocycles. The molecule has 0 aliphatic carbocycles. The molecule has 0 saturated carbocycles. The van der Waals surface area contributed by atoms with Crippen molar-refractivity contribution in [3.63, 3.8) is 0 Å². The van der Waals surface area contributed by atoms with E-state index >= 15 is 0 Å². The van der Waals surface area contributed by atoms with Gasteiger partial charge in [0.15, 0.2) is 0 Å². The molecule has 0 fully saturated rings. The molecule has 0 saturated heterocycles. The number of halogens is 2. The average molecular weight is 296 g/mol. The monoisotopic (exact) mass is 295 g/mol. The number of rotatable bonds is 3. The van der Waals surface area contributed by atoms with Crippen molar-refractivity contribution in [2.24, 2.45) is 0 Å². The Kier molecular flexibility index (Phi) is 4.08. The second-order valence-corrected chi connectivity index (χ2v) is 5.21. The van der Waals surface area contributed by atoms with E-state index in [-0.39, 0.29) is 0 Å². The van der Waals surface area contributed by atoms with Crippen LogP contribution in [0.4, 0.5) is 22.7 Å². The third kappa shape index (κ3) is 3.06. The lowest BCUT2D eigenvalue weighted by Gasteiger charge is -2.19. The van der Waals surface area contributed by atoms with Crippen molar-refractivity contribution in [3.8, 4) is 0 Å². The van der Waals surface area contributed by atoms with Crippen molar-refractivity contribution < 1.29 is 0 Å². The first-order valence-corrected chi connectivity index (χ1v) is 6.52. The molecule has 0 aliphatic heterocycles. The number of nitrogens with one attached hydrogen (secondary N) is 1. The topological polar surface area (TPSA) is 41.3 Å². The molecule has 3 N–H and O–H groups in total. The number of para-hydroxylation sites is 2. The molecule has 2 aromatic carbocycles. The minimum Gasteiger partial charge on any atom is -0.399 e. The molecular weight excluding hydrogens is 281 g/mol. The summed E-state index contributed by atoms with van der Waals surface area (Å²) < 4.78 is 0. The first-order valence-electron chi connectivity index (χ1n) is 5.77. The van der Waals surface area contributed by atoms with Crippen LogP contribution in [0.1, 0.15) is 0 Å². The lowest BCUT2D eigenvalue weighted by molar-refractivity contribution is 1.13. The molecule has 2 aromatic rings. The van der Waals surface area contributed by atoms with Gasteiger partial charge in [-0.25, -0.2) is 0 Å². The van der Waals surface area contributed by atoms with Gasteiger partial charge < -0.3 is 16.0 Å². The maximum Gasteiger partial charge on any atom is 0.0765 e. The largest absolute Gasteiger partial charge is 0.399 e. The van der Waals surface area contributed by atoms with Gasteiger partial charge in [-0.3, -0.25) is 0 Å². The Morgan fingerprint density at radius 3 is 2.21 bits per heavy atom. The maximum absolute atomic E-state index is 6.18. The van der Waals surface area contributed by atoms with Crippen molar-refractivity contribution in [3.05, 3.63) is 46.4 Å². The highest BCUT2D eigenvalue weighted by Gasteiger charge is 2.10. The number of nitrogens with zero attached hydrogens (tertiary/aromatic N) is 1. The Balaban J connectivity index is 2.42. The van der Waals surface area contributed by atoms with Crippen LogP contribution in [-0.2, 0) is 0 Å². The summed E-state index contributed by atoms with van der Waals surface area (Å²) in [5, 5.41) is 4.25. The van der Waals surface area contributed by atoms with Crippen LogP contribution in [0.2, 0.25) is 10.0 Å². The number of nitrogens with two attached hydrogens (primary N) is 1. The number of anilines is 4. The zero-order chi connectivity index (χ0) is 14.0. The van der Waals surface area contributed by atoms with Crippen molar-refractivity contribution in [2.75, 3.05) is 30.0 Å². The van der Waals surface area contributed by atoms with Gasteiger partial charge in [-0.1, -0.05) is 35.3 Å². The summed E-state index contributed by atoms with van der Waals surface area (Å²) in [4.78, 5) is 2.02. The minimum absolute atomic E-state index is 0.499. The zero-order valence-electron chi connectivity index (χ0n) is 10.7. The van der Waals surface area contributed by atoms with E-state index in [1.807, 2.05) is 43.3 Å². The third-order valence-corrected chi connectivity index (χ3v) is 3.31. The second kappa shape index (κ2) is 5.59. The summed E-state index contributed by atoms with van der Waals surface area (Å²) in [5.74, 6) is 0. The second-order valence-electron chi connectivity index (χ2n) is 4.40. The van der Waals surface area contributed by atoms with Crippen LogP contribution in [0.5, 0.6) is 0 Å². The van der Waals surface area contributed by atoms with Gasteiger partial charge in [0.2, 0.25) is 0 Å². The molecule has 0 atom stereocenters. The van der Waals surface area contributed by atoms with Crippen molar-refractivity contribution in [1.82, 2.24) is 0 Å². The van der Waals surface area contributed by atoms with Gasteiger partial charge >= 0.3 is 0 Å². The standard InChI is InChI=1S/C14H15Cl2N3/c1-19(2)13-6-4-3-5-12(13)18-14-10(15)7-9(17)8-11(14)16/h3-8,18H,17H2,1-2H3. The van der Waals surface area contributed by atoms with Gasteiger partial charge in [0.05, 0.1) is 27.1 Å². The molecule has 19 heavy (non-hydrogen) atoms. The van der Waals surface area contributed by atoms with Crippen LogP contribution in [0, 0.1) is 0 Å². The molecule has 5 heteroatoms. The van der Waals surface area contributed by atoms with E-state index in [1.165, 1.54) is 0 Å². The average Bonchev–Trinajstić information content (AvgIpc) is 2.34. The van der Waals surface area contributed by atoms with Crippen molar-refractivity contribution in [1.29, 1.82) is 0 Å². The highest BCUT2D eigenvalue weighted by Crippen LogP contribution is 2.37. The Morgan fingerprint density at radius 1 is 1.05 bits per heavy atom. The number of nitrogen functional groups attached to an aromatic ring is 1. The van der Waals surface area contributed by atoms with E-state index in [0.717, 1.165) is 11.4 Å². The molecule has 0 radical (unpaired) electrons. The van der Waals surface area contributed by atoms with Gasteiger partial charge in [0.1, 0.15) is 0 Å². The molecule has 0 bridgehead atoms. The van der Waals surface area contributed by atoms with Crippen LogP contribution in [0.25, 0.3) is 0 Å². The van der Waals surface area contributed by atoms with Gasteiger partial charge in [-0.15, -0.1) is 0 Å². The van der Waals surface area contributed by atoms with Crippen molar-refractivity contribution in [2.45, 2.75) is 0 Å².